The first-order chi connectivity index (χ1) is 15.6. The van der Waals surface area contributed by atoms with Gasteiger partial charge in [-0.3, -0.25) is 4.79 Å². The summed E-state index contributed by atoms with van der Waals surface area (Å²) >= 11 is 0. The highest BCUT2D eigenvalue weighted by molar-refractivity contribution is 7.40. The number of hydrogen-bond acceptors (Lipinski definition) is 6. The van der Waals surface area contributed by atoms with E-state index in [1.165, 1.54) is 77.0 Å². The summed E-state index contributed by atoms with van der Waals surface area (Å²) in [6.45, 7) is 5.53. The molecule has 192 valence electrons. The van der Waals surface area contributed by atoms with Crippen LogP contribution in [0.3, 0.4) is 0 Å². The smallest absolute Gasteiger partial charge is 0.329 e. The average molecular weight is 478 g/mol. The third-order valence-corrected chi connectivity index (χ3v) is 6.38. The van der Waals surface area contributed by atoms with E-state index in [4.69, 9.17) is 13.8 Å². The monoisotopic (exact) mass is 477 g/mol. The highest BCUT2D eigenvalue weighted by Crippen LogP contribution is 2.33. The van der Waals surface area contributed by atoms with Crippen LogP contribution in [0, 0.1) is 0 Å². The molecule has 7 heteroatoms. The molecule has 0 heterocycles. The Labute approximate surface area is 199 Å². The predicted molar refractivity (Wildman–Crippen MR) is 135 cm³/mol. The van der Waals surface area contributed by atoms with E-state index in [-0.39, 0.29) is 18.7 Å². The summed E-state index contributed by atoms with van der Waals surface area (Å²) in [5, 5.41) is 3.03. The standard InChI is InChI=1S/C25H52NO5P/c1-4-6-7-8-9-10-11-12-13-14-15-16-17-18-20-24(31-25(27)5-2)23-30-32(28)29-22-19-21-26-3/h24,26,28H,4-23H2,1-3H3. The molecule has 6 nitrogen and oxygen atoms in total. The van der Waals surface area contributed by atoms with Crippen LogP contribution in [0.1, 0.15) is 123 Å². The fourth-order valence-electron chi connectivity index (χ4n) is 3.59. The third-order valence-electron chi connectivity index (χ3n) is 5.61. The molecule has 32 heavy (non-hydrogen) atoms. The van der Waals surface area contributed by atoms with Gasteiger partial charge in [-0.2, -0.15) is 0 Å². The zero-order valence-electron chi connectivity index (χ0n) is 21.2. The van der Waals surface area contributed by atoms with Crippen molar-refractivity contribution in [1.29, 1.82) is 0 Å². The van der Waals surface area contributed by atoms with Gasteiger partial charge in [0.05, 0.1) is 13.2 Å². The number of rotatable bonds is 25. The number of esters is 1. The van der Waals surface area contributed by atoms with Crippen LogP contribution >= 0.6 is 8.60 Å². The maximum atomic E-state index is 11.7. The molecule has 0 amide bonds. The van der Waals surface area contributed by atoms with Gasteiger partial charge in [0.2, 0.25) is 0 Å². The van der Waals surface area contributed by atoms with Crippen molar-refractivity contribution in [3.63, 3.8) is 0 Å². The molecule has 0 aliphatic rings. The van der Waals surface area contributed by atoms with Crippen molar-refractivity contribution in [3.05, 3.63) is 0 Å². The number of ether oxygens (including phenoxy) is 1. The molecule has 0 radical (unpaired) electrons. The molecule has 2 N–H and O–H groups in total. The van der Waals surface area contributed by atoms with Crippen LogP contribution in [0.4, 0.5) is 0 Å². The first-order valence-electron chi connectivity index (χ1n) is 13.2. The molecular weight excluding hydrogens is 425 g/mol. The van der Waals surface area contributed by atoms with Crippen LogP contribution in [0.15, 0.2) is 0 Å². The maximum Gasteiger partial charge on any atom is 0.329 e. The summed E-state index contributed by atoms with van der Waals surface area (Å²) < 4.78 is 16.1. The molecule has 2 atom stereocenters. The highest BCUT2D eigenvalue weighted by atomic mass is 31.2. The van der Waals surface area contributed by atoms with Crippen molar-refractivity contribution in [2.75, 3.05) is 26.8 Å². The summed E-state index contributed by atoms with van der Waals surface area (Å²) in [7, 11) is -0.0385. The van der Waals surface area contributed by atoms with Gasteiger partial charge in [-0.1, -0.05) is 97.3 Å². The Balaban J connectivity index is 3.72. The highest BCUT2D eigenvalue weighted by Gasteiger charge is 2.17. The molecule has 0 rings (SSSR count). The quantitative estimate of drug-likeness (QED) is 0.0834. The molecule has 0 aliphatic heterocycles. The van der Waals surface area contributed by atoms with Crippen molar-refractivity contribution in [2.24, 2.45) is 0 Å². The van der Waals surface area contributed by atoms with Crippen molar-refractivity contribution in [3.8, 4) is 0 Å². The Morgan fingerprint density at radius 3 is 1.84 bits per heavy atom. The van der Waals surface area contributed by atoms with Crippen LogP contribution in [0.5, 0.6) is 0 Å². The zero-order valence-corrected chi connectivity index (χ0v) is 22.1. The van der Waals surface area contributed by atoms with E-state index in [1.54, 1.807) is 6.92 Å². The summed E-state index contributed by atoms with van der Waals surface area (Å²) in [5.41, 5.74) is 0. The summed E-state index contributed by atoms with van der Waals surface area (Å²) in [4.78, 5) is 21.5. The first-order valence-corrected chi connectivity index (χ1v) is 14.4. The number of hydrogen-bond donors (Lipinski definition) is 2. The van der Waals surface area contributed by atoms with Crippen molar-refractivity contribution in [2.45, 2.75) is 129 Å². The third kappa shape index (κ3) is 22.9. The predicted octanol–water partition coefficient (Wildman–Crippen LogP) is 7.04. The molecule has 0 fully saturated rings. The molecule has 0 aromatic rings. The minimum absolute atomic E-state index is 0.193. The van der Waals surface area contributed by atoms with E-state index in [1.807, 2.05) is 7.05 Å². The SMILES string of the molecule is CCCCCCCCCCCCCCCCC(COP(O)OCCCNC)OC(=O)CC. The number of unbranched alkanes of at least 4 members (excludes halogenated alkanes) is 13. The fraction of sp³-hybridized carbons (Fsp3) is 0.960. The van der Waals surface area contributed by atoms with Crippen molar-refractivity contribution in [1.82, 2.24) is 5.32 Å². The maximum absolute atomic E-state index is 11.7. The Morgan fingerprint density at radius 1 is 0.812 bits per heavy atom. The average Bonchev–Trinajstić information content (AvgIpc) is 2.80. The lowest BCUT2D eigenvalue weighted by molar-refractivity contribution is -0.150. The second kappa shape index (κ2) is 25.4. The lowest BCUT2D eigenvalue weighted by Gasteiger charge is -2.19. The van der Waals surface area contributed by atoms with E-state index >= 15 is 0 Å². The van der Waals surface area contributed by atoms with Gasteiger partial charge in [-0.25, -0.2) is 0 Å². The van der Waals surface area contributed by atoms with E-state index < -0.39 is 8.60 Å². The molecule has 0 saturated carbocycles. The van der Waals surface area contributed by atoms with Crippen LogP contribution < -0.4 is 5.32 Å². The molecule has 2 unspecified atom stereocenters. The Kier molecular flexibility index (Phi) is 25.2. The minimum Gasteiger partial charge on any atom is -0.460 e. The van der Waals surface area contributed by atoms with E-state index in [2.05, 4.69) is 12.2 Å². The molecule has 0 aliphatic carbocycles. The first kappa shape index (κ1) is 31.7. The summed E-state index contributed by atoms with van der Waals surface area (Å²) in [6.07, 6.45) is 20.1. The summed E-state index contributed by atoms with van der Waals surface area (Å²) in [5.74, 6) is -0.221. The van der Waals surface area contributed by atoms with E-state index in [0.717, 1.165) is 32.2 Å². The van der Waals surface area contributed by atoms with Crippen LogP contribution in [-0.2, 0) is 18.6 Å². The van der Waals surface area contributed by atoms with Crippen molar-refractivity contribution < 1.29 is 23.5 Å². The number of carbonyl (C=O) groups excluding carboxylic acids is 1. The molecule has 0 bridgehead atoms. The normalized spacial score (nSPS) is 13.2. The Hall–Kier alpha value is -0.260. The molecule has 0 aromatic carbocycles. The minimum atomic E-state index is -1.92. The van der Waals surface area contributed by atoms with Gasteiger partial charge >= 0.3 is 14.6 Å². The molecule has 0 saturated heterocycles. The zero-order chi connectivity index (χ0) is 23.7. The summed E-state index contributed by atoms with van der Waals surface area (Å²) in [6, 6.07) is 0. The Morgan fingerprint density at radius 2 is 1.34 bits per heavy atom. The van der Waals surface area contributed by atoms with Gasteiger partial charge in [0, 0.05) is 6.42 Å². The van der Waals surface area contributed by atoms with E-state index in [9.17, 15) is 9.69 Å². The van der Waals surface area contributed by atoms with Gasteiger partial charge in [0.15, 0.2) is 0 Å². The van der Waals surface area contributed by atoms with Crippen LogP contribution in [-0.4, -0.2) is 43.8 Å². The van der Waals surface area contributed by atoms with Gasteiger partial charge < -0.3 is 24.0 Å². The molecule has 0 spiro atoms. The van der Waals surface area contributed by atoms with Crippen LogP contribution in [0.25, 0.3) is 0 Å². The van der Waals surface area contributed by atoms with Crippen molar-refractivity contribution >= 4 is 14.6 Å². The van der Waals surface area contributed by atoms with Crippen LogP contribution in [0.2, 0.25) is 0 Å². The largest absolute Gasteiger partial charge is 0.460 e. The number of carbonyl (C=O) groups is 1. The fourth-order valence-corrected chi connectivity index (χ4v) is 4.24. The number of nitrogens with one attached hydrogen (secondary N) is 1. The van der Waals surface area contributed by atoms with E-state index in [0.29, 0.717) is 13.0 Å². The van der Waals surface area contributed by atoms with Gasteiger partial charge in [-0.15, -0.1) is 0 Å². The van der Waals surface area contributed by atoms with Gasteiger partial charge in [0.25, 0.3) is 0 Å². The lowest BCUT2D eigenvalue weighted by atomic mass is 10.0. The van der Waals surface area contributed by atoms with Gasteiger partial charge in [0.1, 0.15) is 6.10 Å². The Bertz CT molecular complexity index is 401. The van der Waals surface area contributed by atoms with Gasteiger partial charge in [-0.05, 0) is 32.9 Å². The lowest BCUT2D eigenvalue weighted by Crippen LogP contribution is -2.22. The molecular formula is C25H52NO5P. The second-order valence-electron chi connectivity index (χ2n) is 8.67. The topological polar surface area (TPSA) is 77.0 Å². The second-order valence-corrected chi connectivity index (χ2v) is 9.67. The molecule has 0 aromatic heterocycles.